The van der Waals surface area contributed by atoms with Gasteiger partial charge in [-0.3, -0.25) is 4.79 Å². The van der Waals surface area contributed by atoms with Gasteiger partial charge in [-0.25, -0.2) is 9.67 Å². The van der Waals surface area contributed by atoms with Crippen molar-refractivity contribution in [1.29, 1.82) is 0 Å². The maximum absolute atomic E-state index is 12.4. The second kappa shape index (κ2) is 6.60. The molecule has 25 heavy (non-hydrogen) atoms. The number of benzene rings is 2. The first-order valence-electron chi connectivity index (χ1n) is 7.87. The highest BCUT2D eigenvalue weighted by Crippen LogP contribution is 2.31. The summed E-state index contributed by atoms with van der Waals surface area (Å²) in [6.07, 6.45) is 6.45. The van der Waals surface area contributed by atoms with Gasteiger partial charge in [0.25, 0.3) is 0 Å². The number of hydrogen-bond donors (Lipinski definition) is 0. The SMILES string of the molecule is O=C(/C=C/c1ccc(-n2cncn2)cc1)c1ccc2c(c1)OCCO2. The first-order valence-corrected chi connectivity index (χ1v) is 7.87. The van der Waals surface area contributed by atoms with Crippen LogP contribution in [-0.2, 0) is 0 Å². The van der Waals surface area contributed by atoms with Gasteiger partial charge in [0.15, 0.2) is 17.3 Å². The smallest absolute Gasteiger partial charge is 0.185 e. The summed E-state index contributed by atoms with van der Waals surface area (Å²) in [5.74, 6) is 1.20. The molecule has 0 saturated carbocycles. The molecule has 0 amide bonds. The number of hydrogen-bond acceptors (Lipinski definition) is 5. The lowest BCUT2D eigenvalue weighted by Gasteiger charge is -2.18. The Kier molecular flexibility index (Phi) is 4.00. The standard InChI is InChI=1S/C19H15N3O3/c23-17(15-4-8-18-19(11-15)25-10-9-24-18)7-3-14-1-5-16(6-2-14)22-13-20-12-21-22/h1-8,11-13H,9-10H2/b7-3+. The van der Waals surface area contributed by atoms with Crippen molar-refractivity contribution in [3.8, 4) is 17.2 Å². The molecule has 0 atom stereocenters. The molecule has 6 heteroatoms. The van der Waals surface area contributed by atoms with Crippen LogP contribution in [0.2, 0.25) is 0 Å². The molecule has 1 aromatic heterocycles. The first kappa shape index (κ1) is 15.1. The van der Waals surface area contributed by atoms with Gasteiger partial charge < -0.3 is 9.47 Å². The molecule has 4 rings (SSSR count). The predicted octanol–water partition coefficient (Wildman–Crippen LogP) is 2.93. The van der Waals surface area contributed by atoms with Crippen molar-refractivity contribution in [3.05, 3.63) is 72.3 Å². The summed E-state index contributed by atoms with van der Waals surface area (Å²) in [4.78, 5) is 16.3. The second-order valence-corrected chi connectivity index (χ2v) is 5.49. The van der Waals surface area contributed by atoms with E-state index in [4.69, 9.17) is 9.47 Å². The summed E-state index contributed by atoms with van der Waals surface area (Å²) in [6.45, 7) is 1.03. The maximum atomic E-state index is 12.4. The Labute approximate surface area is 144 Å². The van der Waals surface area contributed by atoms with Gasteiger partial charge in [0.05, 0.1) is 5.69 Å². The number of ketones is 1. The predicted molar refractivity (Wildman–Crippen MR) is 92.2 cm³/mol. The lowest BCUT2D eigenvalue weighted by molar-refractivity contribution is 0.104. The zero-order valence-electron chi connectivity index (χ0n) is 13.3. The maximum Gasteiger partial charge on any atom is 0.185 e. The number of rotatable bonds is 4. The van der Waals surface area contributed by atoms with Crippen LogP contribution in [0.15, 0.2) is 61.2 Å². The van der Waals surface area contributed by atoms with E-state index in [0.29, 0.717) is 30.3 Å². The molecule has 0 bridgehead atoms. The third-order valence-corrected chi connectivity index (χ3v) is 3.83. The number of fused-ring (bicyclic) bond motifs is 1. The molecule has 124 valence electrons. The zero-order chi connectivity index (χ0) is 17.1. The van der Waals surface area contributed by atoms with Crippen LogP contribution in [0.25, 0.3) is 11.8 Å². The minimum Gasteiger partial charge on any atom is -0.486 e. The quantitative estimate of drug-likeness (QED) is 0.542. The van der Waals surface area contributed by atoms with Crippen LogP contribution in [-0.4, -0.2) is 33.8 Å². The van der Waals surface area contributed by atoms with Gasteiger partial charge in [-0.2, -0.15) is 5.10 Å². The highest BCUT2D eigenvalue weighted by molar-refractivity contribution is 6.07. The fourth-order valence-corrected chi connectivity index (χ4v) is 2.54. The summed E-state index contributed by atoms with van der Waals surface area (Å²) in [7, 11) is 0. The minimum absolute atomic E-state index is 0.0858. The van der Waals surface area contributed by atoms with Crippen molar-refractivity contribution in [2.24, 2.45) is 0 Å². The number of nitrogens with zero attached hydrogens (tertiary/aromatic N) is 3. The molecule has 0 unspecified atom stereocenters. The van der Waals surface area contributed by atoms with Crippen molar-refractivity contribution < 1.29 is 14.3 Å². The highest BCUT2D eigenvalue weighted by atomic mass is 16.6. The molecule has 2 heterocycles. The molecule has 2 aromatic carbocycles. The summed E-state index contributed by atoms with van der Waals surface area (Å²) < 4.78 is 12.6. The molecular weight excluding hydrogens is 318 g/mol. The molecule has 0 spiro atoms. The number of carbonyl (C=O) groups excluding carboxylic acids is 1. The third kappa shape index (κ3) is 3.28. The van der Waals surface area contributed by atoms with Crippen molar-refractivity contribution in [3.63, 3.8) is 0 Å². The highest BCUT2D eigenvalue weighted by Gasteiger charge is 2.13. The molecule has 6 nitrogen and oxygen atoms in total. The number of ether oxygens (including phenoxy) is 2. The van der Waals surface area contributed by atoms with Crippen LogP contribution < -0.4 is 9.47 Å². The van der Waals surface area contributed by atoms with Crippen molar-refractivity contribution in [2.45, 2.75) is 0 Å². The fourth-order valence-electron chi connectivity index (χ4n) is 2.54. The van der Waals surface area contributed by atoms with Gasteiger partial charge in [-0.1, -0.05) is 18.2 Å². The van der Waals surface area contributed by atoms with E-state index in [0.717, 1.165) is 11.3 Å². The Balaban J connectivity index is 1.48. The van der Waals surface area contributed by atoms with Crippen LogP contribution >= 0.6 is 0 Å². The first-order chi connectivity index (χ1) is 12.3. The van der Waals surface area contributed by atoms with Crippen LogP contribution in [0.5, 0.6) is 11.5 Å². The summed E-state index contributed by atoms with van der Waals surface area (Å²) in [5.41, 5.74) is 2.40. The number of aromatic nitrogens is 3. The third-order valence-electron chi connectivity index (χ3n) is 3.83. The van der Waals surface area contributed by atoms with Crippen LogP contribution in [0, 0.1) is 0 Å². The monoisotopic (exact) mass is 333 g/mol. The Bertz CT molecular complexity index is 916. The van der Waals surface area contributed by atoms with Crippen LogP contribution in [0.4, 0.5) is 0 Å². The molecule has 1 aliphatic rings. The van der Waals surface area contributed by atoms with E-state index >= 15 is 0 Å². The molecule has 1 aliphatic heterocycles. The molecule has 0 saturated heterocycles. The van der Waals surface area contributed by atoms with Crippen molar-refractivity contribution in [1.82, 2.24) is 14.8 Å². The van der Waals surface area contributed by atoms with Crippen molar-refractivity contribution >= 4 is 11.9 Å². The Hall–Kier alpha value is -3.41. The lowest BCUT2D eigenvalue weighted by atomic mass is 10.1. The van der Waals surface area contributed by atoms with Gasteiger partial charge in [0, 0.05) is 5.56 Å². The topological polar surface area (TPSA) is 66.2 Å². The van der Waals surface area contributed by atoms with E-state index in [2.05, 4.69) is 10.1 Å². The van der Waals surface area contributed by atoms with E-state index in [1.54, 1.807) is 41.4 Å². The molecule has 0 aliphatic carbocycles. The summed E-state index contributed by atoms with van der Waals surface area (Å²) in [6, 6.07) is 12.9. The van der Waals surface area contributed by atoms with Crippen molar-refractivity contribution in [2.75, 3.05) is 13.2 Å². The van der Waals surface area contributed by atoms with E-state index in [1.807, 2.05) is 24.3 Å². The van der Waals surface area contributed by atoms with Gasteiger partial charge in [0.2, 0.25) is 0 Å². The molecule has 0 radical (unpaired) electrons. The van der Waals surface area contributed by atoms with E-state index in [-0.39, 0.29) is 5.78 Å². The Morgan fingerprint density at radius 2 is 1.84 bits per heavy atom. The second-order valence-electron chi connectivity index (χ2n) is 5.49. The average molecular weight is 333 g/mol. The lowest BCUT2D eigenvalue weighted by Crippen LogP contribution is -2.15. The normalized spacial score (nSPS) is 13.1. The average Bonchev–Trinajstić information content (AvgIpc) is 3.21. The van der Waals surface area contributed by atoms with Gasteiger partial charge in [-0.05, 0) is 42.0 Å². The van der Waals surface area contributed by atoms with Gasteiger partial charge in [0.1, 0.15) is 25.9 Å². The number of allylic oxidation sites excluding steroid dienone is 1. The van der Waals surface area contributed by atoms with E-state index < -0.39 is 0 Å². The minimum atomic E-state index is -0.0858. The van der Waals surface area contributed by atoms with E-state index in [9.17, 15) is 4.79 Å². The largest absolute Gasteiger partial charge is 0.486 e. The molecular formula is C19H15N3O3. The number of carbonyl (C=O) groups is 1. The summed E-state index contributed by atoms with van der Waals surface area (Å²) >= 11 is 0. The van der Waals surface area contributed by atoms with Crippen LogP contribution in [0.1, 0.15) is 15.9 Å². The Morgan fingerprint density at radius 1 is 1.04 bits per heavy atom. The molecule has 0 fully saturated rings. The Morgan fingerprint density at radius 3 is 2.60 bits per heavy atom. The zero-order valence-corrected chi connectivity index (χ0v) is 13.3. The fraction of sp³-hybridized carbons (Fsp3) is 0.105. The molecule has 0 N–H and O–H groups in total. The van der Waals surface area contributed by atoms with Crippen LogP contribution in [0.3, 0.4) is 0 Å². The van der Waals surface area contributed by atoms with Gasteiger partial charge in [-0.15, -0.1) is 0 Å². The van der Waals surface area contributed by atoms with Gasteiger partial charge >= 0.3 is 0 Å². The summed E-state index contributed by atoms with van der Waals surface area (Å²) in [5, 5.41) is 4.08. The molecule has 3 aromatic rings. The van der Waals surface area contributed by atoms with E-state index in [1.165, 1.54) is 6.33 Å².